The van der Waals surface area contributed by atoms with Crippen LogP contribution < -0.4 is 5.73 Å². The molecule has 2 rings (SSSR count). The van der Waals surface area contributed by atoms with Crippen molar-refractivity contribution in [1.82, 2.24) is 0 Å². The van der Waals surface area contributed by atoms with Gasteiger partial charge in [0.05, 0.1) is 11.3 Å². The molecule has 0 saturated heterocycles. The van der Waals surface area contributed by atoms with Crippen LogP contribution in [0.25, 0.3) is 0 Å². The van der Waals surface area contributed by atoms with Gasteiger partial charge in [0, 0.05) is 11.6 Å². The van der Waals surface area contributed by atoms with Gasteiger partial charge in [-0.3, -0.25) is 0 Å². The van der Waals surface area contributed by atoms with E-state index in [-0.39, 0.29) is 11.1 Å². The molecule has 0 spiro atoms. The molecule has 2 aromatic rings. The third-order valence-corrected chi connectivity index (χ3v) is 3.58. The molecule has 1 unspecified atom stereocenters. The van der Waals surface area contributed by atoms with Crippen LogP contribution in [0.3, 0.4) is 0 Å². The van der Waals surface area contributed by atoms with Crippen LogP contribution in [0.15, 0.2) is 39.6 Å². The topological polar surface area (TPSA) is 39.2 Å². The predicted molar refractivity (Wildman–Crippen MR) is 68.5 cm³/mol. The molecule has 0 aliphatic heterocycles. The first-order valence-corrected chi connectivity index (χ1v) is 6.18. The Morgan fingerprint density at radius 1 is 1.41 bits per heavy atom. The van der Waals surface area contributed by atoms with E-state index >= 15 is 0 Å². The summed E-state index contributed by atoms with van der Waals surface area (Å²) in [7, 11) is 0. The maximum absolute atomic E-state index is 13.3. The Balaban J connectivity index is 2.22. The highest BCUT2D eigenvalue weighted by atomic mass is 79.9. The third kappa shape index (κ3) is 2.70. The number of nitrogens with two attached hydrogens (primary N) is 1. The molecular formula is C12H10BrClFNO. The Labute approximate surface area is 112 Å². The quantitative estimate of drug-likeness (QED) is 0.926. The molecule has 0 fully saturated rings. The average molecular weight is 319 g/mol. The molecule has 1 heterocycles. The molecule has 2 N–H and O–H groups in total. The minimum atomic E-state index is -0.428. The summed E-state index contributed by atoms with van der Waals surface area (Å²) in [5.74, 6) is -0.428. The standard InChI is InChI=1S/C12H10BrClFNO/c13-12-8(4-5-17-12)10(16)6-7-2-1-3-9(15)11(7)14/h1-5,10H,6,16H2. The summed E-state index contributed by atoms with van der Waals surface area (Å²) in [5.41, 5.74) is 7.55. The van der Waals surface area contributed by atoms with Gasteiger partial charge in [0.2, 0.25) is 0 Å². The molecule has 0 radical (unpaired) electrons. The zero-order valence-electron chi connectivity index (χ0n) is 8.79. The Morgan fingerprint density at radius 3 is 2.82 bits per heavy atom. The smallest absolute Gasteiger partial charge is 0.173 e. The van der Waals surface area contributed by atoms with Crippen LogP contribution in [-0.4, -0.2) is 0 Å². The van der Waals surface area contributed by atoms with Gasteiger partial charge in [-0.05, 0) is 40.0 Å². The highest BCUT2D eigenvalue weighted by molar-refractivity contribution is 9.10. The lowest BCUT2D eigenvalue weighted by Gasteiger charge is -2.11. The van der Waals surface area contributed by atoms with Gasteiger partial charge in [-0.15, -0.1) is 0 Å². The van der Waals surface area contributed by atoms with Gasteiger partial charge in [-0.1, -0.05) is 23.7 Å². The fourth-order valence-corrected chi connectivity index (χ4v) is 2.36. The minimum Gasteiger partial charge on any atom is -0.457 e. The number of rotatable bonds is 3. The summed E-state index contributed by atoms with van der Waals surface area (Å²) in [5, 5.41) is 0.127. The van der Waals surface area contributed by atoms with E-state index < -0.39 is 5.82 Å². The molecule has 0 aliphatic carbocycles. The van der Waals surface area contributed by atoms with Gasteiger partial charge in [0.1, 0.15) is 5.82 Å². The van der Waals surface area contributed by atoms with E-state index in [2.05, 4.69) is 15.9 Å². The van der Waals surface area contributed by atoms with Crippen molar-refractivity contribution in [2.75, 3.05) is 0 Å². The summed E-state index contributed by atoms with van der Waals surface area (Å²) in [6.07, 6.45) is 2.00. The molecule has 1 aromatic carbocycles. The second kappa shape index (κ2) is 5.21. The molecule has 1 aromatic heterocycles. The highest BCUT2D eigenvalue weighted by Crippen LogP contribution is 2.28. The van der Waals surface area contributed by atoms with E-state index in [9.17, 15) is 4.39 Å². The van der Waals surface area contributed by atoms with Gasteiger partial charge in [0.15, 0.2) is 4.67 Å². The number of halogens is 3. The summed E-state index contributed by atoms with van der Waals surface area (Å²) in [6, 6.07) is 6.20. The average Bonchev–Trinajstić information content (AvgIpc) is 2.71. The maximum Gasteiger partial charge on any atom is 0.173 e. The number of benzene rings is 1. The van der Waals surface area contributed by atoms with Crippen molar-refractivity contribution in [3.05, 3.63) is 57.2 Å². The van der Waals surface area contributed by atoms with E-state index in [1.165, 1.54) is 6.07 Å². The normalized spacial score (nSPS) is 12.7. The van der Waals surface area contributed by atoms with Crippen molar-refractivity contribution in [1.29, 1.82) is 0 Å². The van der Waals surface area contributed by atoms with Crippen LogP contribution in [0.1, 0.15) is 17.2 Å². The molecule has 0 aliphatic rings. The first-order chi connectivity index (χ1) is 8.09. The summed E-state index contributed by atoms with van der Waals surface area (Å²) in [4.78, 5) is 0. The fraction of sp³-hybridized carbons (Fsp3) is 0.167. The largest absolute Gasteiger partial charge is 0.457 e. The third-order valence-electron chi connectivity index (χ3n) is 2.52. The van der Waals surface area contributed by atoms with Gasteiger partial charge >= 0.3 is 0 Å². The van der Waals surface area contributed by atoms with Crippen molar-refractivity contribution in [3.8, 4) is 0 Å². The number of hydrogen-bond acceptors (Lipinski definition) is 2. The molecular weight excluding hydrogens is 308 g/mol. The summed E-state index contributed by atoms with van der Waals surface area (Å²) >= 11 is 9.13. The monoisotopic (exact) mass is 317 g/mol. The lowest BCUT2D eigenvalue weighted by molar-refractivity contribution is 0.530. The lowest BCUT2D eigenvalue weighted by atomic mass is 10.0. The van der Waals surface area contributed by atoms with Crippen LogP contribution in [0.5, 0.6) is 0 Å². The number of furan rings is 1. The zero-order chi connectivity index (χ0) is 12.4. The maximum atomic E-state index is 13.3. The Kier molecular flexibility index (Phi) is 3.86. The second-order valence-electron chi connectivity index (χ2n) is 3.67. The van der Waals surface area contributed by atoms with Crippen LogP contribution in [0.4, 0.5) is 4.39 Å². The molecule has 0 saturated carbocycles. The summed E-state index contributed by atoms with van der Waals surface area (Å²) in [6.45, 7) is 0. The van der Waals surface area contributed by atoms with E-state index in [0.29, 0.717) is 16.7 Å². The van der Waals surface area contributed by atoms with Gasteiger partial charge in [-0.25, -0.2) is 4.39 Å². The Hall–Kier alpha value is -0.840. The van der Waals surface area contributed by atoms with Gasteiger partial charge in [-0.2, -0.15) is 0 Å². The van der Waals surface area contributed by atoms with Crippen molar-refractivity contribution < 1.29 is 8.81 Å². The molecule has 1 atom stereocenters. The Morgan fingerprint density at radius 2 is 2.18 bits per heavy atom. The highest BCUT2D eigenvalue weighted by Gasteiger charge is 2.15. The van der Waals surface area contributed by atoms with E-state index in [1.54, 1.807) is 24.5 Å². The van der Waals surface area contributed by atoms with Crippen LogP contribution >= 0.6 is 27.5 Å². The summed E-state index contributed by atoms with van der Waals surface area (Å²) < 4.78 is 19.0. The first kappa shape index (κ1) is 12.6. The Bertz CT molecular complexity index is 529. The van der Waals surface area contributed by atoms with Crippen molar-refractivity contribution >= 4 is 27.5 Å². The molecule has 0 amide bonds. The van der Waals surface area contributed by atoms with E-state index in [4.69, 9.17) is 21.8 Å². The van der Waals surface area contributed by atoms with Crippen molar-refractivity contribution in [2.24, 2.45) is 5.73 Å². The zero-order valence-corrected chi connectivity index (χ0v) is 11.1. The molecule has 0 bridgehead atoms. The van der Waals surface area contributed by atoms with Gasteiger partial charge < -0.3 is 10.2 Å². The van der Waals surface area contributed by atoms with Gasteiger partial charge in [0.25, 0.3) is 0 Å². The minimum absolute atomic E-state index is 0.127. The SMILES string of the molecule is NC(Cc1cccc(F)c1Cl)c1ccoc1Br. The van der Waals surface area contributed by atoms with E-state index in [1.807, 2.05) is 0 Å². The lowest BCUT2D eigenvalue weighted by Crippen LogP contribution is -2.13. The number of hydrogen-bond donors (Lipinski definition) is 1. The first-order valence-electron chi connectivity index (χ1n) is 5.01. The molecule has 5 heteroatoms. The molecule has 2 nitrogen and oxygen atoms in total. The van der Waals surface area contributed by atoms with Crippen LogP contribution in [-0.2, 0) is 6.42 Å². The van der Waals surface area contributed by atoms with E-state index in [0.717, 1.165) is 5.56 Å². The van der Waals surface area contributed by atoms with Crippen molar-refractivity contribution in [2.45, 2.75) is 12.5 Å². The molecule has 90 valence electrons. The van der Waals surface area contributed by atoms with Crippen LogP contribution in [0, 0.1) is 5.82 Å². The van der Waals surface area contributed by atoms with Crippen molar-refractivity contribution in [3.63, 3.8) is 0 Å². The fourth-order valence-electron chi connectivity index (χ4n) is 1.62. The van der Waals surface area contributed by atoms with Crippen LogP contribution in [0.2, 0.25) is 5.02 Å². The predicted octanol–water partition coefficient (Wildman–Crippen LogP) is 4.08. The molecule has 17 heavy (non-hydrogen) atoms. The second-order valence-corrected chi connectivity index (χ2v) is 4.77.